The fourth-order valence-corrected chi connectivity index (χ4v) is 2.40. The van der Waals surface area contributed by atoms with E-state index < -0.39 is 17.9 Å². The van der Waals surface area contributed by atoms with Crippen LogP contribution in [0.2, 0.25) is 5.02 Å². The lowest BCUT2D eigenvalue weighted by molar-refractivity contribution is -0.140. The highest BCUT2D eigenvalue weighted by atomic mass is 35.5. The minimum absolute atomic E-state index is 0.113. The molecule has 0 aliphatic carbocycles. The van der Waals surface area contributed by atoms with Crippen LogP contribution in [-0.4, -0.2) is 28.9 Å². The number of carboxylic acids is 1. The van der Waals surface area contributed by atoms with Crippen LogP contribution in [0.15, 0.2) is 18.2 Å². The number of carboxylic acid groups (broad SMARTS) is 1. The van der Waals surface area contributed by atoms with E-state index in [1.54, 1.807) is 19.9 Å². The summed E-state index contributed by atoms with van der Waals surface area (Å²) in [6, 6.07) is 3.51. The van der Waals surface area contributed by atoms with Crippen molar-refractivity contribution in [3.05, 3.63) is 28.8 Å². The molecular formula is C18H25ClN2O4. The second-order valence-corrected chi connectivity index (χ2v) is 7.92. The second kappa shape index (κ2) is 8.34. The molecule has 0 aliphatic rings. The van der Waals surface area contributed by atoms with Crippen molar-refractivity contribution in [1.29, 1.82) is 0 Å². The molecule has 25 heavy (non-hydrogen) atoms. The number of aliphatic carboxylic acids is 1. The maximum atomic E-state index is 12.4. The molecule has 0 aromatic heterocycles. The number of nitrogens with one attached hydrogen (secondary N) is 2. The lowest BCUT2D eigenvalue weighted by atomic mass is 9.92. The molecule has 7 heteroatoms. The first-order chi connectivity index (χ1) is 11.4. The Labute approximate surface area is 152 Å². The van der Waals surface area contributed by atoms with Crippen molar-refractivity contribution in [2.75, 3.05) is 5.32 Å². The molecule has 0 fully saturated rings. The number of anilines is 1. The molecule has 6 nitrogen and oxygen atoms in total. The molecule has 0 bridgehead atoms. The topological polar surface area (TPSA) is 95.5 Å². The summed E-state index contributed by atoms with van der Waals surface area (Å²) in [5.74, 6) is -2.17. The van der Waals surface area contributed by atoms with Gasteiger partial charge in [0.05, 0.1) is 10.6 Å². The van der Waals surface area contributed by atoms with Crippen LogP contribution in [0.1, 0.15) is 51.4 Å². The highest BCUT2D eigenvalue weighted by molar-refractivity contribution is 6.34. The zero-order valence-electron chi connectivity index (χ0n) is 15.1. The standard InChI is InChI=1S/C18H25ClN2O4/c1-10(2)15(17(24)25)21-16(23)12-8-11(6-7-13(12)19)20-14(22)9-18(3,4)5/h6-8,10,15H,9H2,1-5H3,(H,20,22)(H,21,23)(H,24,25). The van der Waals surface area contributed by atoms with Crippen molar-refractivity contribution in [3.63, 3.8) is 0 Å². The van der Waals surface area contributed by atoms with Crippen LogP contribution in [0, 0.1) is 11.3 Å². The van der Waals surface area contributed by atoms with Crippen molar-refractivity contribution in [1.82, 2.24) is 5.32 Å². The molecule has 1 unspecified atom stereocenters. The Morgan fingerprint density at radius 3 is 2.28 bits per heavy atom. The summed E-state index contributed by atoms with van der Waals surface area (Å²) in [5.41, 5.74) is 0.380. The molecular weight excluding hydrogens is 344 g/mol. The Bertz CT molecular complexity index is 666. The second-order valence-electron chi connectivity index (χ2n) is 7.51. The van der Waals surface area contributed by atoms with Gasteiger partial charge in [0.2, 0.25) is 5.91 Å². The molecule has 1 atom stereocenters. The number of carbonyl (C=O) groups is 3. The lowest BCUT2D eigenvalue weighted by Gasteiger charge is -2.19. The molecule has 2 amide bonds. The summed E-state index contributed by atoms with van der Waals surface area (Å²) in [6.45, 7) is 9.25. The van der Waals surface area contributed by atoms with Gasteiger partial charge in [-0.3, -0.25) is 9.59 Å². The maximum Gasteiger partial charge on any atom is 0.326 e. The van der Waals surface area contributed by atoms with E-state index in [4.69, 9.17) is 11.6 Å². The SMILES string of the molecule is CC(C)C(NC(=O)c1cc(NC(=O)CC(C)(C)C)ccc1Cl)C(=O)O. The van der Waals surface area contributed by atoms with E-state index in [-0.39, 0.29) is 27.8 Å². The number of carbonyl (C=O) groups excluding carboxylic acids is 2. The van der Waals surface area contributed by atoms with Gasteiger partial charge >= 0.3 is 5.97 Å². The van der Waals surface area contributed by atoms with E-state index in [9.17, 15) is 19.5 Å². The fourth-order valence-electron chi connectivity index (χ4n) is 2.20. The first-order valence-electron chi connectivity index (χ1n) is 8.04. The summed E-state index contributed by atoms with van der Waals surface area (Å²) in [4.78, 5) is 35.6. The summed E-state index contributed by atoms with van der Waals surface area (Å²) >= 11 is 6.06. The average Bonchev–Trinajstić information content (AvgIpc) is 2.43. The van der Waals surface area contributed by atoms with Gasteiger partial charge in [-0.1, -0.05) is 46.2 Å². The maximum absolute atomic E-state index is 12.4. The lowest BCUT2D eigenvalue weighted by Crippen LogP contribution is -2.44. The highest BCUT2D eigenvalue weighted by Crippen LogP contribution is 2.23. The van der Waals surface area contributed by atoms with Gasteiger partial charge in [0.25, 0.3) is 5.91 Å². The average molecular weight is 369 g/mol. The summed E-state index contributed by atoms with van der Waals surface area (Å²) in [6.07, 6.45) is 0.325. The monoisotopic (exact) mass is 368 g/mol. The highest BCUT2D eigenvalue weighted by Gasteiger charge is 2.25. The van der Waals surface area contributed by atoms with Crippen LogP contribution in [0.5, 0.6) is 0 Å². The van der Waals surface area contributed by atoms with Gasteiger partial charge < -0.3 is 15.7 Å². The summed E-state index contributed by atoms with van der Waals surface area (Å²) in [5, 5.41) is 14.5. The minimum Gasteiger partial charge on any atom is -0.480 e. The molecule has 0 heterocycles. The molecule has 0 radical (unpaired) electrons. The Morgan fingerprint density at radius 2 is 1.80 bits per heavy atom. The van der Waals surface area contributed by atoms with Crippen LogP contribution in [0.25, 0.3) is 0 Å². The third-order valence-corrected chi connectivity index (χ3v) is 3.73. The molecule has 3 N–H and O–H groups in total. The normalized spacial score (nSPS) is 12.6. The summed E-state index contributed by atoms with van der Waals surface area (Å²) < 4.78 is 0. The van der Waals surface area contributed by atoms with Gasteiger partial charge in [-0.15, -0.1) is 0 Å². The number of amides is 2. The number of hydrogen-bond acceptors (Lipinski definition) is 3. The number of halogens is 1. The molecule has 0 saturated heterocycles. The smallest absolute Gasteiger partial charge is 0.326 e. The fraction of sp³-hybridized carbons (Fsp3) is 0.500. The van der Waals surface area contributed by atoms with E-state index in [1.807, 2.05) is 20.8 Å². The van der Waals surface area contributed by atoms with Crippen molar-refractivity contribution in [2.24, 2.45) is 11.3 Å². The number of hydrogen-bond donors (Lipinski definition) is 3. The van der Waals surface area contributed by atoms with Crippen molar-refractivity contribution < 1.29 is 19.5 Å². The Morgan fingerprint density at radius 1 is 1.20 bits per heavy atom. The quantitative estimate of drug-likeness (QED) is 0.715. The minimum atomic E-state index is -1.12. The van der Waals surface area contributed by atoms with Gasteiger partial charge in [-0.2, -0.15) is 0 Å². The zero-order valence-corrected chi connectivity index (χ0v) is 15.9. The first-order valence-corrected chi connectivity index (χ1v) is 8.41. The molecule has 0 spiro atoms. The predicted octanol–water partition coefficient (Wildman–Crippen LogP) is 3.55. The molecule has 0 aliphatic heterocycles. The van der Waals surface area contributed by atoms with E-state index in [2.05, 4.69) is 10.6 Å². The van der Waals surface area contributed by atoms with E-state index >= 15 is 0 Å². The van der Waals surface area contributed by atoms with Gasteiger partial charge in [-0.05, 0) is 29.5 Å². The van der Waals surface area contributed by atoms with E-state index in [0.717, 1.165) is 0 Å². The van der Waals surface area contributed by atoms with Gasteiger partial charge in [0, 0.05) is 12.1 Å². The van der Waals surface area contributed by atoms with Gasteiger partial charge in [0.1, 0.15) is 6.04 Å². The van der Waals surface area contributed by atoms with Crippen LogP contribution in [0.4, 0.5) is 5.69 Å². The largest absolute Gasteiger partial charge is 0.480 e. The third-order valence-electron chi connectivity index (χ3n) is 3.40. The van der Waals surface area contributed by atoms with Gasteiger partial charge in [0.15, 0.2) is 0 Å². The number of rotatable bonds is 6. The van der Waals surface area contributed by atoms with Crippen molar-refractivity contribution in [3.8, 4) is 0 Å². The molecule has 0 saturated carbocycles. The Kier molecular flexibility index (Phi) is 6.99. The third kappa shape index (κ3) is 6.74. The summed E-state index contributed by atoms with van der Waals surface area (Å²) in [7, 11) is 0. The van der Waals surface area contributed by atoms with E-state index in [0.29, 0.717) is 12.1 Å². The first kappa shape index (κ1) is 21.0. The van der Waals surface area contributed by atoms with Crippen LogP contribution >= 0.6 is 11.6 Å². The van der Waals surface area contributed by atoms with Crippen molar-refractivity contribution in [2.45, 2.75) is 47.1 Å². The number of benzene rings is 1. The van der Waals surface area contributed by atoms with Crippen LogP contribution in [-0.2, 0) is 9.59 Å². The zero-order chi connectivity index (χ0) is 19.4. The van der Waals surface area contributed by atoms with Gasteiger partial charge in [-0.25, -0.2) is 4.79 Å². The van der Waals surface area contributed by atoms with Crippen LogP contribution in [0.3, 0.4) is 0 Å². The van der Waals surface area contributed by atoms with Crippen molar-refractivity contribution >= 4 is 35.1 Å². The Hall–Kier alpha value is -2.08. The van der Waals surface area contributed by atoms with E-state index in [1.165, 1.54) is 12.1 Å². The molecule has 1 rings (SSSR count). The van der Waals surface area contributed by atoms with Crippen LogP contribution < -0.4 is 10.6 Å². The Balaban J connectivity index is 2.95. The molecule has 1 aromatic carbocycles. The molecule has 138 valence electrons. The molecule has 1 aromatic rings. The predicted molar refractivity (Wildman–Crippen MR) is 97.9 cm³/mol.